The van der Waals surface area contributed by atoms with Gasteiger partial charge in [0.05, 0.1) is 0 Å². The van der Waals surface area contributed by atoms with Gasteiger partial charge in [0.1, 0.15) is 4.90 Å². The zero-order valence-electron chi connectivity index (χ0n) is 8.47. The van der Waals surface area contributed by atoms with Crippen LogP contribution in [0.25, 0.3) is 0 Å². The summed E-state index contributed by atoms with van der Waals surface area (Å²) in [4.78, 5) is -1.87. The zero-order chi connectivity index (χ0) is 12.7. The Morgan fingerprint density at radius 3 is 1.81 bits per heavy atom. The molecule has 0 aromatic heterocycles. The molecule has 1 atom stereocenters. The quantitative estimate of drug-likeness (QED) is 0.801. The van der Waals surface area contributed by atoms with Crippen LogP contribution in [-0.2, 0) is 0 Å². The second-order valence-corrected chi connectivity index (χ2v) is 6.08. The lowest BCUT2D eigenvalue weighted by Gasteiger charge is -2.40. The van der Waals surface area contributed by atoms with Crippen molar-refractivity contribution in [2.24, 2.45) is 5.73 Å². The second kappa shape index (κ2) is 3.10. The second-order valence-electron chi connectivity index (χ2n) is 3.67. The van der Waals surface area contributed by atoms with E-state index in [9.17, 15) is 19.4 Å². The van der Waals surface area contributed by atoms with E-state index in [0.29, 0.717) is 17.7 Å². The molecule has 1 unspecified atom stereocenters. The first-order valence-electron chi connectivity index (χ1n) is 4.48. The van der Waals surface area contributed by atoms with Crippen LogP contribution in [-0.4, -0.2) is 6.54 Å². The fourth-order valence-corrected chi connectivity index (χ4v) is 1.84. The third-order valence-corrected chi connectivity index (χ3v) is 3.41. The van der Waals surface area contributed by atoms with Crippen molar-refractivity contribution >= 4 is 10.2 Å². The van der Waals surface area contributed by atoms with Gasteiger partial charge in [-0.2, -0.15) is 0 Å². The Morgan fingerprint density at radius 2 is 1.50 bits per heavy atom. The van der Waals surface area contributed by atoms with Gasteiger partial charge in [-0.25, -0.2) is 0 Å². The van der Waals surface area contributed by atoms with Crippen LogP contribution in [0.1, 0.15) is 18.4 Å². The van der Waals surface area contributed by atoms with Crippen LogP contribution < -0.4 is 5.73 Å². The first-order valence-corrected chi connectivity index (χ1v) is 6.43. The van der Waals surface area contributed by atoms with Crippen LogP contribution >= 0.6 is 10.2 Å². The molecule has 2 N–H and O–H groups in total. The molecule has 0 heterocycles. The molecule has 1 aromatic carbocycles. The Balaban J connectivity index is 3.16. The summed E-state index contributed by atoms with van der Waals surface area (Å²) >= 11 is 0. The third-order valence-electron chi connectivity index (χ3n) is 2.25. The first-order chi connectivity index (χ1) is 6.94. The van der Waals surface area contributed by atoms with E-state index in [-0.39, 0.29) is 12.5 Å². The van der Waals surface area contributed by atoms with E-state index in [1.165, 1.54) is 0 Å². The van der Waals surface area contributed by atoms with Gasteiger partial charge < -0.3 is 5.73 Å². The monoisotopic (exact) mass is 261 g/mol. The summed E-state index contributed by atoms with van der Waals surface area (Å²) in [6, 6.07) is 2.88. The molecule has 1 aromatic rings. The third kappa shape index (κ3) is 3.08. The summed E-state index contributed by atoms with van der Waals surface area (Å²) in [5.41, 5.74) is 5.82. The minimum Gasteiger partial charge on any atom is -0.330 e. The summed E-state index contributed by atoms with van der Waals surface area (Å²) in [6.45, 7) is 1.95. The minimum absolute atomic E-state index is 0.160. The molecule has 1 nitrogen and oxygen atoms in total. The van der Waals surface area contributed by atoms with E-state index in [4.69, 9.17) is 5.73 Å². The molecule has 0 saturated carbocycles. The van der Waals surface area contributed by atoms with Crippen molar-refractivity contribution in [3.05, 3.63) is 29.8 Å². The van der Waals surface area contributed by atoms with Gasteiger partial charge in [-0.3, -0.25) is 0 Å². The molecule has 0 amide bonds. The van der Waals surface area contributed by atoms with Gasteiger partial charge in [-0.05, 0) is 30.2 Å². The number of hydrogen-bond donors (Lipinski definition) is 1. The smallest absolute Gasteiger partial charge is 0.310 e. The van der Waals surface area contributed by atoms with Crippen molar-refractivity contribution in [2.75, 3.05) is 6.54 Å². The van der Waals surface area contributed by atoms with Gasteiger partial charge in [0.2, 0.25) is 0 Å². The molecular weight excluding hydrogens is 249 g/mol. The average molecular weight is 261 g/mol. The molecule has 0 spiro atoms. The predicted molar refractivity (Wildman–Crippen MR) is 55.3 cm³/mol. The molecule has 0 saturated heterocycles. The van der Waals surface area contributed by atoms with Gasteiger partial charge in [0, 0.05) is 0 Å². The van der Waals surface area contributed by atoms with E-state index in [0.717, 1.165) is 12.1 Å². The molecular formula is C9H12F5NS. The molecule has 0 fully saturated rings. The number of rotatable bonds is 3. The van der Waals surface area contributed by atoms with E-state index in [2.05, 4.69) is 0 Å². The van der Waals surface area contributed by atoms with E-state index < -0.39 is 15.1 Å². The fourth-order valence-electron chi connectivity index (χ4n) is 1.19. The lowest BCUT2D eigenvalue weighted by Crippen LogP contribution is -2.10. The van der Waals surface area contributed by atoms with Crippen LogP contribution in [0.2, 0.25) is 0 Å². The SMILES string of the molecule is CC(CN)c1ccc(S(F)(F)(F)(F)F)cc1. The van der Waals surface area contributed by atoms with Gasteiger partial charge >= 0.3 is 10.2 Å². The van der Waals surface area contributed by atoms with Crippen molar-refractivity contribution in [2.45, 2.75) is 17.7 Å². The maximum atomic E-state index is 12.3. The van der Waals surface area contributed by atoms with Crippen molar-refractivity contribution in [3.8, 4) is 0 Å². The Hall–Kier alpha value is -0.820. The fraction of sp³-hybridized carbons (Fsp3) is 0.333. The highest BCUT2D eigenvalue weighted by atomic mass is 32.5. The van der Waals surface area contributed by atoms with E-state index >= 15 is 0 Å². The number of hydrogen-bond acceptors (Lipinski definition) is 1. The summed E-state index contributed by atoms with van der Waals surface area (Å²) in [6.07, 6.45) is 0. The highest BCUT2D eigenvalue weighted by Crippen LogP contribution is 3.02. The highest BCUT2D eigenvalue weighted by Gasteiger charge is 2.65. The Morgan fingerprint density at radius 1 is 1.06 bits per heavy atom. The maximum absolute atomic E-state index is 12.3. The van der Waals surface area contributed by atoms with Crippen molar-refractivity contribution in [3.63, 3.8) is 0 Å². The Labute approximate surface area is 90.2 Å². The standard InChI is InChI=1S/C9H12F5NS/c1-7(6-15)8-2-4-9(5-3-8)16(10,11,12,13)14/h2-5,7H,6,15H2,1H3. The van der Waals surface area contributed by atoms with Crippen LogP contribution in [0, 0.1) is 0 Å². The molecule has 0 bridgehead atoms. The van der Waals surface area contributed by atoms with Gasteiger partial charge in [0.25, 0.3) is 0 Å². The van der Waals surface area contributed by atoms with Crippen molar-refractivity contribution < 1.29 is 19.4 Å². The van der Waals surface area contributed by atoms with Crippen LogP contribution in [0.3, 0.4) is 0 Å². The summed E-state index contributed by atoms with van der Waals surface area (Å²) in [7, 11) is -9.53. The molecule has 1 rings (SSSR count). The summed E-state index contributed by atoms with van der Waals surface area (Å²) in [5, 5.41) is 0. The van der Waals surface area contributed by atoms with E-state index in [1.54, 1.807) is 6.92 Å². The lowest BCUT2D eigenvalue weighted by molar-refractivity contribution is 0.364. The van der Waals surface area contributed by atoms with Gasteiger partial charge in [-0.1, -0.05) is 38.5 Å². The summed E-state index contributed by atoms with van der Waals surface area (Å²) < 4.78 is 61.7. The first kappa shape index (κ1) is 13.2. The molecule has 0 radical (unpaired) electrons. The zero-order valence-corrected chi connectivity index (χ0v) is 9.29. The summed E-state index contributed by atoms with van der Waals surface area (Å²) in [5.74, 6) is -0.160. The Bertz CT molecular complexity index is 382. The lowest BCUT2D eigenvalue weighted by atomic mass is 10.0. The number of nitrogens with two attached hydrogens (primary N) is 1. The highest BCUT2D eigenvalue weighted by molar-refractivity contribution is 8.45. The normalized spacial score (nSPS) is 18.7. The van der Waals surface area contributed by atoms with Gasteiger partial charge in [0.15, 0.2) is 0 Å². The molecule has 0 aliphatic carbocycles. The van der Waals surface area contributed by atoms with E-state index in [1.807, 2.05) is 0 Å². The number of halogens is 5. The van der Waals surface area contributed by atoms with Crippen LogP contribution in [0.4, 0.5) is 19.4 Å². The largest absolute Gasteiger partial charge is 0.330 e. The molecule has 0 aliphatic heterocycles. The maximum Gasteiger partial charge on any atom is 0.310 e. The van der Waals surface area contributed by atoms with Crippen molar-refractivity contribution in [1.29, 1.82) is 0 Å². The molecule has 0 aliphatic rings. The molecule has 16 heavy (non-hydrogen) atoms. The van der Waals surface area contributed by atoms with Gasteiger partial charge in [-0.15, -0.1) is 0 Å². The number of benzene rings is 1. The predicted octanol–water partition coefficient (Wildman–Crippen LogP) is 4.41. The minimum atomic E-state index is -9.53. The Kier molecular flexibility index (Phi) is 2.57. The average Bonchev–Trinajstić information content (AvgIpc) is 2.13. The molecule has 94 valence electrons. The van der Waals surface area contributed by atoms with Crippen LogP contribution in [0.5, 0.6) is 0 Å². The topological polar surface area (TPSA) is 26.0 Å². The van der Waals surface area contributed by atoms with Crippen LogP contribution in [0.15, 0.2) is 29.2 Å². The van der Waals surface area contributed by atoms with Crippen molar-refractivity contribution in [1.82, 2.24) is 0 Å². The molecule has 7 heteroatoms.